The smallest absolute Gasteiger partial charge is 0.145 e. The van der Waals surface area contributed by atoms with Crippen molar-refractivity contribution in [1.82, 2.24) is 4.98 Å². The van der Waals surface area contributed by atoms with Gasteiger partial charge in [0.2, 0.25) is 0 Å². The normalized spacial score (nSPS) is 22.6. The van der Waals surface area contributed by atoms with Crippen LogP contribution in [-0.2, 0) is 6.42 Å². The summed E-state index contributed by atoms with van der Waals surface area (Å²) < 4.78 is 6.24. The maximum atomic E-state index is 6.24. The van der Waals surface area contributed by atoms with Crippen LogP contribution >= 0.6 is 0 Å². The second-order valence-corrected chi connectivity index (χ2v) is 5.43. The van der Waals surface area contributed by atoms with Crippen LogP contribution in [0.1, 0.15) is 37.9 Å². The van der Waals surface area contributed by atoms with E-state index < -0.39 is 0 Å². The summed E-state index contributed by atoms with van der Waals surface area (Å²) >= 11 is 0. The van der Waals surface area contributed by atoms with E-state index in [1.165, 1.54) is 10.9 Å². The van der Waals surface area contributed by atoms with E-state index in [0.29, 0.717) is 0 Å². The lowest BCUT2D eigenvalue weighted by Crippen LogP contribution is -2.36. The number of hydrogen-bond donors (Lipinski definition) is 0. The van der Waals surface area contributed by atoms with E-state index in [0.717, 1.165) is 36.2 Å². The number of ether oxygens (including phenoxy) is 1. The van der Waals surface area contributed by atoms with Crippen LogP contribution in [0, 0.1) is 6.92 Å². The molecule has 0 radical (unpaired) electrons. The Kier molecular flexibility index (Phi) is 2.54. The van der Waals surface area contributed by atoms with Gasteiger partial charge in [0.25, 0.3) is 0 Å². The Bertz CT molecular complexity index is 605. The summed E-state index contributed by atoms with van der Waals surface area (Å²) in [7, 11) is 0. The minimum absolute atomic E-state index is 0.0259. The summed E-state index contributed by atoms with van der Waals surface area (Å²) in [6.45, 7) is 6.44. The maximum absolute atomic E-state index is 6.24. The van der Waals surface area contributed by atoms with E-state index in [2.05, 4.69) is 37.0 Å². The van der Waals surface area contributed by atoms with E-state index in [-0.39, 0.29) is 5.60 Å². The van der Waals surface area contributed by atoms with Crippen LogP contribution < -0.4 is 4.74 Å². The van der Waals surface area contributed by atoms with Crippen LogP contribution in [0.15, 0.2) is 24.3 Å². The fraction of sp³-hybridized carbons (Fsp3) is 0.438. The molecule has 2 heterocycles. The Balaban J connectivity index is 2.22. The number of fused-ring (bicyclic) bond motifs is 3. The third-order valence-corrected chi connectivity index (χ3v) is 4.12. The third kappa shape index (κ3) is 1.67. The minimum Gasteiger partial charge on any atom is -0.485 e. The molecule has 3 rings (SSSR count). The zero-order valence-corrected chi connectivity index (χ0v) is 11.3. The predicted octanol–water partition coefficient (Wildman–Crippen LogP) is 4.04. The molecule has 1 unspecified atom stereocenters. The number of para-hydroxylation sites is 1. The van der Waals surface area contributed by atoms with Gasteiger partial charge in [-0.1, -0.05) is 25.1 Å². The van der Waals surface area contributed by atoms with Crippen LogP contribution in [0.4, 0.5) is 0 Å². The Labute approximate surface area is 108 Å². The summed E-state index contributed by atoms with van der Waals surface area (Å²) in [5.74, 6) is 1.02. The topological polar surface area (TPSA) is 22.1 Å². The van der Waals surface area contributed by atoms with Crippen molar-refractivity contribution in [3.05, 3.63) is 35.5 Å². The van der Waals surface area contributed by atoms with Gasteiger partial charge in [0, 0.05) is 10.9 Å². The van der Waals surface area contributed by atoms with Crippen molar-refractivity contribution in [3.8, 4) is 5.75 Å². The highest BCUT2D eigenvalue weighted by atomic mass is 16.5. The molecule has 1 aliphatic rings. The highest BCUT2D eigenvalue weighted by Crippen LogP contribution is 2.39. The molecule has 0 fully saturated rings. The molecule has 0 bridgehead atoms. The van der Waals surface area contributed by atoms with Gasteiger partial charge in [0.1, 0.15) is 11.4 Å². The lowest BCUT2D eigenvalue weighted by molar-refractivity contribution is 0.0603. The number of aromatic nitrogens is 1. The number of hydrogen-bond acceptors (Lipinski definition) is 2. The summed E-state index contributed by atoms with van der Waals surface area (Å²) in [6.07, 6.45) is 3.21. The SMILES string of the molecule is CCC1(C)CCc2c(c(C)nc3ccccc23)O1. The highest BCUT2D eigenvalue weighted by Gasteiger charge is 2.31. The Morgan fingerprint density at radius 2 is 2.11 bits per heavy atom. The molecule has 0 saturated carbocycles. The molecule has 2 heteroatoms. The molecule has 0 amide bonds. The molecule has 94 valence electrons. The van der Waals surface area contributed by atoms with Gasteiger partial charge in [0.05, 0.1) is 11.2 Å². The summed E-state index contributed by atoms with van der Waals surface area (Å²) in [6, 6.07) is 8.35. The van der Waals surface area contributed by atoms with Crippen LogP contribution in [-0.4, -0.2) is 10.6 Å². The van der Waals surface area contributed by atoms with Gasteiger partial charge in [-0.05, 0) is 39.2 Å². The predicted molar refractivity (Wildman–Crippen MR) is 74.1 cm³/mol. The summed E-state index contributed by atoms with van der Waals surface area (Å²) in [5.41, 5.74) is 3.41. The van der Waals surface area contributed by atoms with Crippen LogP contribution in [0.3, 0.4) is 0 Å². The van der Waals surface area contributed by atoms with E-state index >= 15 is 0 Å². The first-order chi connectivity index (χ1) is 8.63. The molecule has 2 aromatic rings. The van der Waals surface area contributed by atoms with Gasteiger partial charge in [-0.3, -0.25) is 0 Å². The first-order valence-corrected chi connectivity index (χ1v) is 6.70. The fourth-order valence-corrected chi connectivity index (χ4v) is 2.72. The van der Waals surface area contributed by atoms with Gasteiger partial charge in [-0.15, -0.1) is 0 Å². The van der Waals surface area contributed by atoms with E-state index in [4.69, 9.17) is 4.74 Å². The first-order valence-electron chi connectivity index (χ1n) is 6.70. The largest absolute Gasteiger partial charge is 0.485 e. The average Bonchev–Trinajstić information content (AvgIpc) is 2.39. The van der Waals surface area contributed by atoms with Crippen molar-refractivity contribution >= 4 is 10.9 Å². The van der Waals surface area contributed by atoms with E-state index in [1.807, 2.05) is 13.0 Å². The molecule has 1 aromatic carbocycles. The molecular formula is C16H19NO. The number of benzene rings is 1. The van der Waals surface area contributed by atoms with Crippen molar-refractivity contribution in [3.63, 3.8) is 0 Å². The molecule has 1 aromatic heterocycles. The quantitative estimate of drug-likeness (QED) is 0.751. The zero-order valence-electron chi connectivity index (χ0n) is 11.3. The van der Waals surface area contributed by atoms with Crippen molar-refractivity contribution in [2.24, 2.45) is 0 Å². The Morgan fingerprint density at radius 3 is 2.89 bits per heavy atom. The van der Waals surface area contributed by atoms with Crippen LogP contribution in [0.2, 0.25) is 0 Å². The van der Waals surface area contributed by atoms with Crippen molar-refractivity contribution < 1.29 is 4.74 Å². The molecule has 1 aliphatic heterocycles. The summed E-state index contributed by atoms with van der Waals surface area (Å²) in [4.78, 5) is 4.66. The highest BCUT2D eigenvalue weighted by molar-refractivity contribution is 5.85. The standard InChI is InChI=1S/C16H19NO/c1-4-16(3)10-9-13-12-7-5-6-8-14(12)17-11(2)15(13)18-16/h5-8H,4,9-10H2,1-3H3. The average molecular weight is 241 g/mol. The second kappa shape index (κ2) is 3.98. The van der Waals surface area contributed by atoms with E-state index in [1.54, 1.807) is 0 Å². The van der Waals surface area contributed by atoms with Crippen molar-refractivity contribution in [2.75, 3.05) is 0 Å². The van der Waals surface area contributed by atoms with E-state index in [9.17, 15) is 0 Å². The number of nitrogens with zero attached hydrogens (tertiary/aromatic N) is 1. The van der Waals surface area contributed by atoms with Crippen molar-refractivity contribution in [2.45, 2.75) is 45.6 Å². The molecule has 0 saturated heterocycles. The lowest BCUT2D eigenvalue weighted by atomic mass is 9.89. The number of pyridine rings is 1. The molecule has 1 atom stereocenters. The Hall–Kier alpha value is -1.57. The van der Waals surface area contributed by atoms with Gasteiger partial charge in [0.15, 0.2) is 0 Å². The molecule has 0 aliphatic carbocycles. The summed E-state index contributed by atoms with van der Waals surface area (Å²) in [5, 5.41) is 1.25. The monoisotopic (exact) mass is 241 g/mol. The number of aryl methyl sites for hydroxylation is 2. The van der Waals surface area contributed by atoms with Crippen molar-refractivity contribution in [1.29, 1.82) is 0 Å². The van der Waals surface area contributed by atoms with Gasteiger partial charge < -0.3 is 4.74 Å². The maximum Gasteiger partial charge on any atom is 0.145 e. The minimum atomic E-state index is -0.0259. The molecule has 0 spiro atoms. The van der Waals surface area contributed by atoms with Gasteiger partial charge in [-0.25, -0.2) is 4.98 Å². The fourth-order valence-electron chi connectivity index (χ4n) is 2.72. The molecular weight excluding hydrogens is 222 g/mol. The molecule has 2 nitrogen and oxygen atoms in total. The van der Waals surface area contributed by atoms with Crippen LogP contribution in [0.5, 0.6) is 5.75 Å². The third-order valence-electron chi connectivity index (χ3n) is 4.12. The van der Waals surface area contributed by atoms with Gasteiger partial charge in [-0.2, -0.15) is 0 Å². The first kappa shape index (κ1) is 11.5. The van der Waals surface area contributed by atoms with Gasteiger partial charge >= 0.3 is 0 Å². The second-order valence-electron chi connectivity index (χ2n) is 5.43. The molecule has 0 N–H and O–H groups in total. The lowest BCUT2D eigenvalue weighted by Gasteiger charge is -2.36. The zero-order chi connectivity index (χ0) is 12.8. The molecule has 18 heavy (non-hydrogen) atoms. The number of rotatable bonds is 1. The van der Waals surface area contributed by atoms with Crippen LogP contribution in [0.25, 0.3) is 10.9 Å². The Morgan fingerprint density at radius 1 is 1.33 bits per heavy atom.